The molecule has 2 rings (SSSR count). The first-order valence-corrected chi connectivity index (χ1v) is 6.99. The van der Waals surface area contributed by atoms with Crippen LogP contribution < -0.4 is 5.73 Å². The van der Waals surface area contributed by atoms with Crippen LogP contribution in [0.2, 0.25) is 0 Å². The minimum Gasteiger partial charge on any atom is -0.330 e. The topological polar surface area (TPSA) is 26.0 Å². The fourth-order valence-corrected chi connectivity index (χ4v) is 5.43. The van der Waals surface area contributed by atoms with Crippen LogP contribution in [0.25, 0.3) is 0 Å². The molecule has 0 radical (unpaired) electrons. The van der Waals surface area contributed by atoms with E-state index >= 15 is 0 Å². The standard InChI is InChI=1S/C15H29N.ClH/c1-13(2)9-14(3,4)11-15(10-13)7-5-6-12(15)8-16;/h12H,5-11,16H2,1-4H3;1H. The number of hydrogen-bond donors (Lipinski definition) is 1. The molecule has 2 aliphatic carbocycles. The van der Waals surface area contributed by atoms with Crippen LogP contribution in [-0.2, 0) is 0 Å². The van der Waals surface area contributed by atoms with E-state index in [-0.39, 0.29) is 12.4 Å². The van der Waals surface area contributed by atoms with E-state index in [4.69, 9.17) is 5.73 Å². The van der Waals surface area contributed by atoms with Crippen LogP contribution in [0.5, 0.6) is 0 Å². The molecule has 0 aromatic rings. The summed E-state index contributed by atoms with van der Waals surface area (Å²) in [6, 6.07) is 0. The molecule has 2 saturated carbocycles. The Kier molecular flexibility index (Phi) is 4.26. The van der Waals surface area contributed by atoms with Crippen molar-refractivity contribution in [3.8, 4) is 0 Å². The summed E-state index contributed by atoms with van der Waals surface area (Å²) >= 11 is 0. The van der Waals surface area contributed by atoms with Crippen molar-refractivity contribution in [2.45, 2.75) is 66.2 Å². The van der Waals surface area contributed by atoms with Crippen molar-refractivity contribution in [1.29, 1.82) is 0 Å². The molecule has 0 amide bonds. The first-order chi connectivity index (χ1) is 7.29. The Labute approximate surface area is 113 Å². The monoisotopic (exact) mass is 259 g/mol. The molecule has 17 heavy (non-hydrogen) atoms. The average Bonchev–Trinajstić information content (AvgIpc) is 2.40. The molecule has 0 saturated heterocycles. The highest BCUT2D eigenvalue weighted by molar-refractivity contribution is 5.85. The van der Waals surface area contributed by atoms with Gasteiger partial charge in [0, 0.05) is 0 Å². The lowest BCUT2D eigenvalue weighted by molar-refractivity contribution is -0.0245. The van der Waals surface area contributed by atoms with Crippen LogP contribution in [0.3, 0.4) is 0 Å². The predicted octanol–water partition coefficient (Wildman–Crippen LogP) is 4.39. The summed E-state index contributed by atoms with van der Waals surface area (Å²) < 4.78 is 0. The molecule has 0 aromatic heterocycles. The van der Waals surface area contributed by atoms with Crippen molar-refractivity contribution in [3.63, 3.8) is 0 Å². The number of hydrogen-bond acceptors (Lipinski definition) is 1. The summed E-state index contributed by atoms with van der Waals surface area (Å²) in [5.41, 5.74) is 7.63. The van der Waals surface area contributed by atoms with Crippen LogP contribution in [0.1, 0.15) is 66.2 Å². The summed E-state index contributed by atoms with van der Waals surface area (Å²) in [6.45, 7) is 10.7. The minimum absolute atomic E-state index is 0. The first kappa shape index (κ1) is 15.3. The van der Waals surface area contributed by atoms with Gasteiger partial charge in [0.05, 0.1) is 0 Å². The molecule has 1 nitrogen and oxygen atoms in total. The fraction of sp³-hybridized carbons (Fsp3) is 1.00. The Morgan fingerprint density at radius 2 is 1.53 bits per heavy atom. The van der Waals surface area contributed by atoms with Gasteiger partial charge in [0.25, 0.3) is 0 Å². The molecule has 0 heterocycles. The molecule has 2 N–H and O–H groups in total. The average molecular weight is 260 g/mol. The van der Waals surface area contributed by atoms with Crippen LogP contribution >= 0.6 is 12.4 Å². The largest absolute Gasteiger partial charge is 0.330 e. The maximum atomic E-state index is 6.02. The molecular formula is C15H30ClN. The quantitative estimate of drug-likeness (QED) is 0.743. The van der Waals surface area contributed by atoms with Gasteiger partial charge in [-0.2, -0.15) is 0 Å². The van der Waals surface area contributed by atoms with Gasteiger partial charge in [-0.25, -0.2) is 0 Å². The maximum Gasteiger partial charge on any atom is -0.00435 e. The summed E-state index contributed by atoms with van der Waals surface area (Å²) in [4.78, 5) is 0. The van der Waals surface area contributed by atoms with Gasteiger partial charge in [-0.3, -0.25) is 0 Å². The molecule has 1 unspecified atom stereocenters. The Bertz CT molecular complexity index is 254. The summed E-state index contributed by atoms with van der Waals surface area (Å²) in [7, 11) is 0. The predicted molar refractivity (Wildman–Crippen MR) is 77.5 cm³/mol. The van der Waals surface area contributed by atoms with Gasteiger partial charge >= 0.3 is 0 Å². The Morgan fingerprint density at radius 1 is 1.00 bits per heavy atom. The smallest absolute Gasteiger partial charge is 0.00435 e. The van der Waals surface area contributed by atoms with Crippen LogP contribution in [0.4, 0.5) is 0 Å². The van der Waals surface area contributed by atoms with Gasteiger partial charge in [-0.15, -0.1) is 12.4 Å². The second-order valence-corrected chi connectivity index (χ2v) is 8.05. The summed E-state index contributed by atoms with van der Waals surface area (Å²) in [6.07, 6.45) is 8.41. The molecule has 2 heteroatoms. The van der Waals surface area contributed by atoms with Crippen molar-refractivity contribution in [1.82, 2.24) is 0 Å². The van der Waals surface area contributed by atoms with Crippen molar-refractivity contribution in [2.75, 3.05) is 6.54 Å². The third kappa shape index (κ3) is 2.98. The Hall–Kier alpha value is 0.250. The third-order valence-corrected chi connectivity index (χ3v) is 5.00. The van der Waals surface area contributed by atoms with Gasteiger partial charge in [0.2, 0.25) is 0 Å². The zero-order chi connectivity index (χ0) is 12.0. The number of rotatable bonds is 1. The highest BCUT2D eigenvalue weighted by Crippen LogP contribution is 2.61. The van der Waals surface area contributed by atoms with E-state index in [9.17, 15) is 0 Å². The molecule has 102 valence electrons. The first-order valence-electron chi connectivity index (χ1n) is 6.99. The Morgan fingerprint density at radius 3 is 2.00 bits per heavy atom. The molecule has 1 atom stereocenters. The van der Waals surface area contributed by atoms with E-state index in [0.717, 1.165) is 12.5 Å². The van der Waals surface area contributed by atoms with Gasteiger partial charge < -0.3 is 5.73 Å². The Balaban J connectivity index is 0.00000144. The van der Waals surface area contributed by atoms with Crippen LogP contribution in [0.15, 0.2) is 0 Å². The second-order valence-electron chi connectivity index (χ2n) is 8.05. The zero-order valence-corrected chi connectivity index (χ0v) is 12.8. The van der Waals surface area contributed by atoms with Gasteiger partial charge in [-0.1, -0.05) is 34.1 Å². The molecule has 2 aliphatic rings. The SMILES string of the molecule is CC1(C)CC(C)(C)CC2(CCCC2CN)C1.Cl. The zero-order valence-electron chi connectivity index (χ0n) is 12.0. The third-order valence-electron chi connectivity index (χ3n) is 5.00. The fourth-order valence-electron chi connectivity index (χ4n) is 5.43. The van der Waals surface area contributed by atoms with Crippen molar-refractivity contribution < 1.29 is 0 Å². The number of halogens is 1. The lowest BCUT2D eigenvalue weighted by Gasteiger charge is -2.53. The van der Waals surface area contributed by atoms with E-state index in [0.29, 0.717) is 16.2 Å². The molecule has 1 spiro atoms. The molecule has 0 bridgehead atoms. The van der Waals surface area contributed by atoms with E-state index in [1.807, 2.05) is 0 Å². The normalized spacial score (nSPS) is 33.4. The van der Waals surface area contributed by atoms with E-state index in [1.165, 1.54) is 38.5 Å². The molecule has 0 aromatic carbocycles. The van der Waals surface area contributed by atoms with Crippen LogP contribution in [0, 0.1) is 22.2 Å². The summed E-state index contributed by atoms with van der Waals surface area (Å²) in [5, 5.41) is 0. The van der Waals surface area contributed by atoms with Crippen LogP contribution in [-0.4, -0.2) is 6.54 Å². The second kappa shape index (κ2) is 4.74. The molecular weight excluding hydrogens is 230 g/mol. The molecule has 2 fully saturated rings. The highest BCUT2D eigenvalue weighted by atomic mass is 35.5. The maximum absolute atomic E-state index is 6.02. The van der Waals surface area contributed by atoms with E-state index < -0.39 is 0 Å². The van der Waals surface area contributed by atoms with Gasteiger partial charge in [0.1, 0.15) is 0 Å². The highest BCUT2D eigenvalue weighted by Gasteiger charge is 2.52. The van der Waals surface area contributed by atoms with Gasteiger partial charge in [0.15, 0.2) is 0 Å². The van der Waals surface area contributed by atoms with E-state index in [2.05, 4.69) is 27.7 Å². The van der Waals surface area contributed by atoms with Crippen molar-refractivity contribution in [3.05, 3.63) is 0 Å². The lowest BCUT2D eigenvalue weighted by atomic mass is 9.52. The van der Waals surface area contributed by atoms with Crippen molar-refractivity contribution >= 4 is 12.4 Å². The van der Waals surface area contributed by atoms with E-state index in [1.54, 1.807) is 0 Å². The van der Waals surface area contributed by atoms with Gasteiger partial charge in [-0.05, 0) is 60.8 Å². The van der Waals surface area contributed by atoms with Crippen molar-refractivity contribution in [2.24, 2.45) is 27.9 Å². The summed E-state index contributed by atoms with van der Waals surface area (Å²) in [5.74, 6) is 0.798. The number of nitrogens with two attached hydrogens (primary N) is 1. The lowest BCUT2D eigenvalue weighted by Crippen LogP contribution is -2.45. The molecule has 0 aliphatic heterocycles. The minimum atomic E-state index is 0.